The van der Waals surface area contributed by atoms with Crippen molar-refractivity contribution in [2.45, 2.75) is 12.5 Å². The number of hydrogen-bond acceptors (Lipinski definition) is 5. The number of carbonyl (C=O) groups is 1. The second-order valence-corrected chi connectivity index (χ2v) is 4.66. The number of nitrogens with zero attached hydrogens (tertiary/aromatic N) is 2. The van der Waals surface area contributed by atoms with Gasteiger partial charge in [-0.05, 0) is 0 Å². The first-order valence-electron chi connectivity index (χ1n) is 3.86. The average molecular weight is 207 g/mol. The van der Waals surface area contributed by atoms with E-state index in [0.29, 0.717) is 23.0 Å². The predicted molar refractivity (Wildman–Crippen MR) is 51.9 cm³/mol. The number of hydrogen-bond donors (Lipinski definition) is 1. The molecule has 0 spiro atoms. The zero-order valence-electron chi connectivity index (χ0n) is 8.06. The molecule has 0 radical (unpaired) electrons. The van der Waals surface area contributed by atoms with E-state index in [2.05, 4.69) is 4.58 Å². The minimum atomic E-state index is -0.707. The zero-order chi connectivity index (χ0) is 10.5. The first kappa shape index (κ1) is 12.5. The van der Waals surface area contributed by atoms with E-state index in [1.807, 2.05) is 21.1 Å². The van der Waals surface area contributed by atoms with Gasteiger partial charge in [0.15, 0.2) is 0 Å². The SMILES string of the molecule is C[N+](C)(C)C[C@H](O)CC(=O)SN=O. The molecular weight excluding hydrogens is 192 g/mol. The Bertz CT molecular complexity index is 191. The Morgan fingerprint density at radius 2 is 2.08 bits per heavy atom. The highest BCUT2D eigenvalue weighted by Crippen LogP contribution is 2.09. The Labute approximate surface area is 81.8 Å². The Hall–Kier alpha value is -0.460. The van der Waals surface area contributed by atoms with Crippen LogP contribution in [0.1, 0.15) is 6.42 Å². The summed E-state index contributed by atoms with van der Waals surface area (Å²) in [6.45, 7) is 0.477. The van der Waals surface area contributed by atoms with Crippen molar-refractivity contribution in [3.8, 4) is 0 Å². The van der Waals surface area contributed by atoms with E-state index in [4.69, 9.17) is 0 Å². The Morgan fingerprint density at radius 3 is 2.46 bits per heavy atom. The largest absolute Gasteiger partial charge is 0.387 e. The molecule has 0 aliphatic rings. The van der Waals surface area contributed by atoms with Crippen molar-refractivity contribution in [3.63, 3.8) is 0 Å². The first-order valence-corrected chi connectivity index (χ1v) is 4.63. The molecule has 0 heterocycles. The van der Waals surface area contributed by atoms with Gasteiger partial charge >= 0.3 is 0 Å². The van der Waals surface area contributed by atoms with Crippen molar-refractivity contribution in [2.75, 3.05) is 27.7 Å². The van der Waals surface area contributed by atoms with E-state index in [-0.39, 0.29) is 6.42 Å². The molecule has 0 aromatic carbocycles. The van der Waals surface area contributed by atoms with Crippen molar-refractivity contribution in [1.82, 2.24) is 0 Å². The van der Waals surface area contributed by atoms with Crippen LogP contribution in [-0.4, -0.2) is 48.5 Å². The lowest BCUT2D eigenvalue weighted by Gasteiger charge is -2.26. The summed E-state index contributed by atoms with van der Waals surface area (Å²) in [6, 6.07) is 0. The second-order valence-electron chi connectivity index (χ2n) is 3.87. The highest BCUT2D eigenvalue weighted by atomic mass is 32.2. The van der Waals surface area contributed by atoms with Gasteiger partial charge in [0.1, 0.15) is 12.6 Å². The maximum Gasteiger partial charge on any atom is 0.217 e. The number of likely N-dealkylation sites (N-methyl/N-ethyl adjacent to an activating group) is 1. The highest BCUT2D eigenvalue weighted by molar-refractivity contribution is 8.12. The van der Waals surface area contributed by atoms with Gasteiger partial charge in [-0.3, -0.25) is 4.79 Å². The zero-order valence-corrected chi connectivity index (χ0v) is 8.87. The molecule has 0 aromatic heterocycles. The minimum absolute atomic E-state index is 0.0219. The van der Waals surface area contributed by atoms with Crippen LogP contribution in [0.3, 0.4) is 0 Å². The fourth-order valence-electron chi connectivity index (χ4n) is 0.968. The van der Waals surface area contributed by atoms with Crippen LogP contribution in [0, 0.1) is 4.91 Å². The van der Waals surface area contributed by atoms with Gasteiger partial charge in [-0.15, -0.1) is 4.91 Å². The predicted octanol–water partition coefficient (Wildman–Crippen LogP) is 0.385. The van der Waals surface area contributed by atoms with E-state index in [0.717, 1.165) is 0 Å². The molecular formula is C7H15N2O3S+. The second kappa shape index (κ2) is 5.31. The minimum Gasteiger partial charge on any atom is -0.387 e. The fourth-order valence-corrected chi connectivity index (χ4v) is 1.32. The molecule has 76 valence electrons. The van der Waals surface area contributed by atoms with Crippen molar-refractivity contribution in [1.29, 1.82) is 0 Å². The lowest BCUT2D eigenvalue weighted by Crippen LogP contribution is -2.41. The van der Waals surface area contributed by atoms with Crippen LogP contribution in [0.2, 0.25) is 0 Å². The van der Waals surface area contributed by atoms with Crippen LogP contribution in [0.25, 0.3) is 0 Å². The van der Waals surface area contributed by atoms with Crippen molar-refractivity contribution in [2.24, 2.45) is 4.58 Å². The molecule has 1 N–H and O–H groups in total. The number of carbonyl (C=O) groups excluding carboxylic acids is 1. The van der Waals surface area contributed by atoms with Gasteiger partial charge in [-0.25, -0.2) is 0 Å². The number of quaternary nitrogens is 1. The third-order valence-corrected chi connectivity index (χ3v) is 1.74. The Kier molecular flexibility index (Phi) is 5.12. The monoisotopic (exact) mass is 207 g/mol. The molecule has 0 saturated heterocycles. The molecule has 6 heteroatoms. The molecule has 0 aliphatic carbocycles. The molecule has 0 unspecified atom stereocenters. The topological polar surface area (TPSA) is 66.7 Å². The number of nitroso groups, excluding NO2 is 1. The lowest BCUT2D eigenvalue weighted by molar-refractivity contribution is -0.873. The first-order chi connectivity index (χ1) is 5.85. The molecule has 0 fully saturated rings. The van der Waals surface area contributed by atoms with Gasteiger partial charge in [-0.2, -0.15) is 0 Å². The van der Waals surface area contributed by atoms with Gasteiger partial charge in [-0.1, -0.05) is 0 Å². The number of rotatable bonds is 5. The van der Waals surface area contributed by atoms with Gasteiger partial charge in [0, 0.05) is 4.58 Å². The van der Waals surface area contributed by atoms with Crippen LogP contribution in [0.15, 0.2) is 4.58 Å². The summed E-state index contributed by atoms with van der Waals surface area (Å²) in [7, 11) is 5.75. The Balaban J connectivity index is 3.80. The van der Waals surface area contributed by atoms with E-state index >= 15 is 0 Å². The quantitative estimate of drug-likeness (QED) is 0.402. The summed E-state index contributed by atoms with van der Waals surface area (Å²) in [5, 5.41) is 9.00. The maximum absolute atomic E-state index is 10.8. The standard InChI is InChI=1S/C7H15N2O3S/c1-9(2,3)5-6(10)4-7(11)13-8-12/h6,10H,4-5H2,1-3H3/q+1/t6-/m1/s1. The average Bonchev–Trinajstić information content (AvgIpc) is 1.81. The molecule has 0 aromatic rings. The van der Waals surface area contributed by atoms with E-state index in [1.54, 1.807) is 0 Å². The van der Waals surface area contributed by atoms with Gasteiger partial charge < -0.3 is 9.59 Å². The van der Waals surface area contributed by atoms with E-state index in [9.17, 15) is 14.8 Å². The highest BCUT2D eigenvalue weighted by Gasteiger charge is 2.18. The normalized spacial score (nSPS) is 13.8. The molecule has 0 saturated carbocycles. The maximum atomic E-state index is 10.8. The summed E-state index contributed by atoms with van der Waals surface area (Å²) in [4.78, 5) is 20.5. The molecule has 5 nitrogen and oxygen atoms in total. The summed E-state index contributed by atoms with van der Waals surface area (Å²) >= 11 is 0.349. The third kappa shape index (κ3) is 7.89. The van der Waals surface area contributed by atoms with Crippen molar-refractivity contribution < 1.29 is 14.4 Å². The summed E-state index contributed by atoms with van der Waals surface area (Å²) in [5.74, 6) is 0. The van der Waals surface area contributed by atoms with Crippen LogP contribution in [-0.2, 0) is 4.79 Å². The van der Waals surface area contributed by atoms with Gasteiger partial charge in [0.05, 0.1) is 39.5 Å². The van der Waals surface area contributed by atoms with Crippen LogP contribution in [0.4, 0.5) is 0 Å². The summed E-state index contributed by atoms with van der Waals surface area (Å²) in [5.41, 5.74) is 0. The van der Waals surface area contributed by atoms with Crippen LogP contribution in [0.5, 0.6) is 0 Å². The number of aliphatic hydroxyl groups is 1. The molecule has 0 bridgehead atoms. The Morgan fingerprint density at radius 1 is 1.54 bits per heavy atom. The molecule has 0 amide bonds. The van der Waals surface area contributed by atoms with E-state index < -0.39 is 11.2 Å². The molecule has 0 aliphatic heterocycles. The van der Waals surface area contributed by atoms with Crippen molar-refractivity contribution >= 4 is 17.1 Å². The fraction of sp³-hybridized carbons (Fsp3) is 0.857. The molecule has 13 heavy (non-hydrogen) atoms. The lowest BCUT2D eigenvalue weighted by atomic mass is 10.2. The molecule has 0 rings (SSSR count). The van der Waals surface area contributed by atoms with Gasteiger partial charge in [0.25, 0.3) is 0 Å². The smallest absolute Gasteiger partial charge is 0.217 e. The third-order valence-electron chi connectivity index (χ3n) is 1.30. The molecule has 1 atom stereocenters. The summed E-state index contributed by atoms with van der Waals surface area (Å²) in [6.07, 6.45) is -0.729. The summed E-state index contributed by atoms with van der Waals surface area (Å²) < 4.78 is 2.96. The van der Waals surface area contributed by atoms with E-state index in [1.165, 1.54) is 0 Å². The van der Waals surface area contributed by atoms with Crippen LogP contribution >= 0.6 is 11.9 Å². The van der Waals surface area contributed by atoms with Crippen molar-refractivity contribution in [3.05, 3.63) is 4.91 Å². The van der Waals surface area contributed by atoms with Crippen LogP contribution < -0.4 is 0 Å². The number of aliphatic hydroxyl groups excluding tert-OH is 1. The van der Waals surface area contributed by atoms with Gasteiger partial charge in [0.2, 0.25) is 5.12 Å².